The summed E-state index contributed by atoms with van der Waals surface area (Å²) in [6, 6.07) is 13.7. The van der Waals surface area contributed by atoms with Crippen molar-refractivity contribution in [1.82, 2.24) is 9.55 Å². The number of ketones is 1. The number of aryl methyl sites for hydroxylation is 1. The summed E-state index contributed by atoms with van der Waals surface area (Å²) in [6.07, 6.45) is 4.72. The van der Waals surface area contributed by atoms with Crippen LogP contribution in [-0.4, -0.2) is 33.7 Å². The highest BCUT2D eigenvalue weighted by atomic mass is 16.2. The number of rotatable bonds is 5. The van der Waals surface area contributed by atoms with Crippen LogP contribution in [0.1, 0.15) is 39.4 Å². The smallest absolute Gasteiger partial charge is 0.255 e. The van der Waals surface area contributed by atoms with Crippen LogP contribution in [-0.2, 0) is 11.8 Å². The van der Waals surface area contributed by atoms with Crippen LogP contribution < -0.4 is 10.2 Å². The minimum Gasteiger partial charge on any atom is -0.331 e. The van der Waals surface area contributed by atoms with Gasteiger partial charge in [0.25, 0.3) is 5.91 Å². The van der Waals surface area contributed by atoms with Crippen molar-refractivity contribution in [3.63, 3.8) is 0 Å². The number of carbonyl (C=O) groups excluding carboxylic acids is 3. The highest BCUT2D eigenvalue weighted by Crippen LogP contribution is 2.22. The molecule has 1 fully saturated rings. The van der Waals surface area contributed by atoms with Crippen LogP contribution in [0, 0.1) is 0 Å². The predicted octanol–water partition coefficient (Wildman–Crippen LogP) is 3.03. The zero-order valence-electron chi connectivity index (χ0n) is 16.0. The minimum absolute atomic E-state index is 0.113. The zero-order valence-corrected chi connectivity index (χ0v) is 16.0. The largest absolute Gasteiger partial charge is 0.331 e. The Morgan fingerprint density at radius 3 is 2.28 bits per heavy atom. The van der Waals surface area contributed by atoms with Crippen molar-refractivity contribution in [1.29, 1.82) is 0 Å². The Labute approximate surface area is 168 Å². The van der Waals surface area contributed by atoms with E-state index in [1.165, 1.54) is 0 Å². The Morgan fingerprint density at radius 1 is 1.00 bits per heavy atom. The van der Waals surface area contributed by atoms with Crippen molar-refractivity contribution in [2.75, 3.05) is 16.8 Å². The minimum atomic E-state index is -0.257. The average molecular weight is 388 g/mol. The van der Waals surface area contributed by atoms with Crippen LogP contribution in [0.5, 0.6) is 0 Å². The van der Waals surface area contributed by atoms with Crippen molar-refractivity contribution < 1.29 is 14.4 Å². The van der Waals surface area contributed by atoms with Crippen LogP contribution in [0.25, 0.3) is 0 Å². The molecule has 146 valence electrons. The van der Waals surface area contributed by atoms with Crippen LogP contribution in [0.2, 0.25) is 0 Å². The lowest BCUT2D eigenvalue weighted by molar-refractivity contribution is -0.117. The lowest BCUT2D eigenvalue weighted by Crippen LogP contribution is -2.23. The van der Waals surface area contributed by atoms with Gasteiger partial charge in [0.05, 0.1) is 0 Å². The lowest BCUT2D eigenvalue weighted by atomic mass is 10.1. The first-order valence-electron chi connectivity index (χ1n) is 9.37. The zero-order chi connectivity index (χ0) is 20.4. The van der Waals surface area contributed by atoms with Crippen LogP contribution >= 0.6 is 0 Å². The molecule has 2 aromatic carbocycles. The fourth-order valence-electron chi connectivity index (χ4n) is 3.34. The second-order valence-electron chi connectivity index (χ2n) is 6.92. The second kappa shape index (κ2) is 7.71. The van der Waals surface area contributed by atoms with E-state index < -0.39 is 0 Å². The van der Waals surface area contributed by atoms with Crippen LogP contribution in [0.4, 0.5) is 11.4 Å². The van der Waals surface area contributed by atoms with Crippen molar-refractivity contribution in [2.24, 2.45) is 7.05 Å². The maximum atomic E-state index is 12.5. The van der Waals surface area contributed by atoms with E-state index in [1.807, 2.05) is 0 Å². The number of carbonyl (C=O) groups is 3. The molecular weight excluding hydrogens is 368 g/mol. The summed E-state index contributed by atoms with van der Waals surface area (Å²) in [7, 11) is 1.76. The molecule has 1 aliphatic rings. The summed E-state index contributed by atoms with van der Waals surface area (Å²) in [5.41, 5.74) is 2.39. The summed E-state index contributed by atoms with van der Waals surface area (Å²) < 4.78 is 1.66. The normalized spacial score (nSPS) is 13.6. The molecule has 1 N–H and O–H groups in total. The number of anilines is 2. The summed E-state index contributed by atoms with van der Waals surface area (Å²) >= 11 is 0. The average Bonchev–Trinajstić information content (AvgIpc) is 3.36. The first-order valence-corrected chi connectivity index (χ1v) is 9.37. The van der Waals surface area contributed by atoms with E-state index in [-0.39, 0.29) is 17.6 Å². The molecule has 1 aliphatic heterocycles. The molecule has 0 saturated carbocycles. The molecule has 1 aromatic heterocycles. The molecule has 7 nitrogen and oxygen atoms in total. The topological polar surface area (TPSA) is 84.3 Å². The number of nitrogens with zero attached hydrogens (tertiary/aromatic N) is 3. The Morgan fingerprint density at radius 2 is 1.69 bits per heavy atom. The number of benzene rings is 2. The number of hydrogen-bond acceptors (Lipinski definition) is 4. The van der Waals surface area contributed by atoms with E-state index in [9.17, 15) is 14.4 Å². The molecule has 4 rings (SSSR count). The summed E-state index contributed by atoms with van der Waals surface area (Å²) in [5, 5.41) is 2.82. The molecule has 2 heterocycles. The van der Waals surface area contributed by atoms with Gasteiger partial charge in [-0.25, -0.2) is 4.98 Å². The number of amides is 2. The van der Waals surface area contributed by atoms with Gasteiger partial charge in [0.2, 0.25) is 11.7 Å². The lowest BCUT2D eigenvalue weighted by Gasteiger charge is -2.15. The van der Waals surface area contributed by atoms with Gasteiger partial charge in [-0.05, 0) is 55.0 Å². The molecule has 0 unspecified atom stereocenters. The van der Waals surface area contributed by atoms with Gasteiger partial charge in [-0.2, -0.15) is 0 Å². The highest BCUT2D eigenvalue weighted by Gasteiger charge is 2.21. The van der Waals surface area contributed by atoms with E-state index in [1.54, 1.807) is 77.4 Å². The molecular formula is C22H20N4O3. The van der Waals surface area contributed by atoms with Crippen LogP contribution in [0.3, 0.4) is 0 Å². The maximum Gasteiger partial charge on any atom is 0.255 e. The quantitative estimate of drug-likeness (QED) is 0.681. The van der Waals surface area contributed by atoms with Gasteiger partial charge in [0, 0.05) is 54.9 Å². The van der Waals surface area contributed by atoms with Crippen molar-refractivity contribution in [2.45, 2.75) is 12.8 Å². The van der Waals surface area contributed by atoms with Gasteiger partial charge in [-0.3, -0.25) is 14.4 Å². The molecule has 7 heteroatoms. The Hall–Kier alpha value is -3.74. The van der Waals surface area contributed by atoms with E-state index in [0.717, 1.165) is 12.1 Å². The maximum absolute atomic E-state index is 12.5. The van der Waals surface area contributed by atoms with Crippen molar-refractivity contribution in [3.05, 3.63) is 77.9 Å². The first kappa shape index (κ1) is 18.6. The van der Waals surface area contributed by atoms with E-state index in [2.05, 4.69) is 10.3 Å². The number of aromatic nitrogens is 2. The summed E-state index contributed by atoms with van der Waals surface area (Å²) in [6.45, 7) is 0.716. The van der Waals surface area contributed by atoms with Gasteiger partial charge in [0.1, 0.15) is 0 Å². The first-order chi connectivity index (χ1) is 14.0. The molecule has 2 amide bonds. The van der Waals surface area contributed by atoms with Crippen molar-refractivity contribution >= 4 is 29.0 Å². The number of hydrogen-bond donors (Lipinski definition) is 1. The fourth-order valence-corrected chi connectivity index (χ4v) is 3.34. The molecule has 0 spiro atoms. The predicted molar refractivity (Wildman–Crippen MR) is 109 cm³/mol. The van der Waals surface area contributed by atoms with Gasteiger partial charge in [-0.15, -0.1) is 0 Å². The molecule has 1 saturated heterocycles. The summed E-state index contributed by atoms with van der Waals surface area (Å²) in [4.78, 5) is 42.6. The summed E-state index contributed by atoms with van der Waals surface area (Å²) in [5.74, 6) is 0.0376. The number of imidazole rings is 1. The van der Waals surface area contributed by atoms with Gasteiger partial charge >= 0.3 is 0 Å². The standard InChI is InChI=1S/C22H20N4O3/c1-25-14-12-23-21(25)20(28)15-4-8-17(9-5-15)24-22(29)16-6-10-18(11-7-16)26-13-2-3-19(26)27/h4-12,14H,2-3,13H2,1H3,(H,24,29). The Bertz CT molecular complexity index is 1070. The highest BCUT2D eigenvalue weighted by molar-refractivity contribution is 6.08. The SMILES string of the molecule is Cn1ccnc1C(=O)c1ccc(NC(=O)c2ccc(N3CCCC3=O)cc2)cc1. The molecule has 0 bridgehead atoms. The van der Waals surface area contributed by atoms with Crippen LogP contribution in [0.15, 0.2) is 60.9 Å². The molecule has 0 radical (unpaired) electrons. The molecule has 0 atom stereocenters. The number of nitrogens with one attached hydrogen (secondary N) is 1. The fraction of sp³-hybridized carbons (Fsp3) is 0.182. The monoisotopic (exact) mass is 388 g/mol. The third-order valence-corrected chi connectivity index (χ3v) is 4.94. The Balaban J connectivity index is 1.42. The van der Waals surface area contributed by atoms with E-state index in [4.69, 9.17) is 0 Å². The van der Waals surface area contributed by atoms with Gasteiger partial charge in [0.15, 0.2) is 5.82 Å². The molecule has 0 aliphatic carbocycles. The Kier molecular flexibility index (Phi) is 4.95. The third-order valence-electron chi connectivity index (χ3n) is 4.94. The van der Waals surface area contributed by atoms with E-state index >= 15 is 0 Å². The molecule has 29 heavy (non-hydrogen) atoms. The molecule has 3 aromatic rings. The van der Waals surface area contributed by atoms with Gasteiger partial charge < -0.3 is 14.8 Å². The van der Waals surface area contributed by atoms with E-state index in [0.29, 0.717) is 35.6 Å². The third kappa shape index (κ3) is 3.80. The second-order valence-corrected chi connectivity index (χ2v) is 6.92. The van der Waals surface area contributed by atoms with Gasteiger partial charge in [-0.1, -0.05) is 0 Å². The van der Waals surface area contributed by atoms with Crippen molar-refractivity contribution in [3.8, 4) is 0 Å².